The SMILES string of the molecule is CC.CCCOCCOCCOCCOCCOCCOCCOCCOCCOCCN. The lowest BCUT2D eigenvalue weighted by Crippen LogP contribution is -2.15. The van der Waals surface area contributed by atoms with Crippen molar-refractivity contribution < 1.29 is 42.6 Å². The van der Waals surface area contributed by atoms with Crippen molar-refractivity contribution in [2.75, 3.05) is 125 Å². The van der Waals surface area contributed by atoms with Gasteiger partial charge in [-0.1, -0.05) is 20.8 Å². The van der Waals surface area contributed by atoms with Gasteiger partial charge in [0.05, 0.1) is 112 Å². The Bertz CT molecular complexity index is 288. The molecule has 0 rings (SSSR count). The average Bonchev–Trinajstić information content (AvgIpc) is 2.85. The highest BCUT2D eigenvalue weighted by molar-refractivity contribution is 4.38. The van der Waals surface area contributed by atoms with E-state index in [4.69, 9.17) is 48.4 Å². The minimum absolute atomic E-state index is 0.532. The lowest BCUT2D eigenvalue weighted by molar-refractivity contribution is -0.0248. The van der Waals surface area contributed by atoms with E-state index in [9.17, 15) is 0 Å². The predicted octanol–water partition coefficient (Wildman–Crippen LogP) is 1.53. The van der Waals surface area contributed by atoms with E-state index in [1.165, 1.54) is 0 Å². The van der Waals surface area contributed by atoms with Crippen LogP contribution in [-0.2, 0) is 42.6 Å². The minimum atomic E-state index is 0.532. The van der Waals surface area contributed by atoms with Gasteiger partial charge >= 0.3 is 0 Å². The lowest BCUT2D eigenvalue weighted by atomic mass is 10.5. The molecule has 0 aromatic rings. The fraction of sp³-hybridized carbons (Fsp3) is 1.00. The van der Waals surface area contributed by atoms with Crippen LogP contribution < -0.4 is 5.73 Å². The van der Waals surface area contributed by atoms with Crippen LogP contribution in [-0.4, -0.2) is 125 Å². The number of hydrogen-bond acceptors (Lipinski definition) is 10. The van der Waals surface area contributed by atoms with Crippen molar-refractivity contribution in [3.8, 4) is 0 Å². The highest BCUT2D eigenvalue weighted by atomic mass is 16.6. The molecule has 0 radical (unpaired) electrons. The van der Waals surface area contributed by atoms with Gasteiger partial charge in [0.1, 0.15) is 0 Å². The first-order valence-corrected chi connectivity index (χ1v) is 12.3. The molecule has 2 N–H and O–H groups in total. The average molecular weight is 486 g/mol. The number of rotatable bonds is 28. The van der Waals surface area contributed by atoms with Crippen LogP contribution in [0, 0.1) is 0 Å². The Morgan fingerprint density at radius 2 is 0.515 bits per heavy atom. The third-order valence-corrected chi connectivity index (χ3v) is 3.59. The van der Waals surface area contributed by atoms with E-state index in [1.807, 2.05) is 13.8 Å². The second kappa shape index (κ2) is 36.2. The maximum atomic E-state index is 5.43. The maximum absolute atomic E-state index is 5.43. The van der Waals surface area contributed by atoms with Crippen LogP contribution in [0.4, 0.5) is 0 Å². The van der Waals surface area contributed by atoms with Gasteiger partial charge in [-0.3, -0.25) is 0 Å². The van der Waals surface area contributed by atoms with E-state index in [0.717, 1.165) is 13.0 Å². The molecule has 0 heterocycles. The van der Waals surface area contributed by atoms with Gasteiger partial charge in [0.15, 0.2) is 0 Å². The molecule has 0 saturated carbocycles. The molecule has 0 aromatic heterocycles. The van der Waals surface area contributed by atoms with Crippen molar-refractivity contribution in [3.63, 3.8) is 0 Å². The van der Waals surface area contributed by atoms with Gasteiger partial charge < -0.3 is 48.4 Å². The quantitative estimate of drug-likeness (QED) is 0.164. The van der Waals surface area contributed by atoms with Gasteiger partial charge in [-0.15, -0.1) is 0 Å². The van der Waals surface area contributed by atoms with Crippen LogP contribution in [0.15, 0.2) is 0 Å². The summed E-state index contributed by atoms with van der Waals surface area (Å²) in [6.45, 7) is 16.8. The first-order valence-electron chi connectivity index (χ1n) is 12.3. The molecule has 0 atom stereocenters. The third-order valence-electron chi connectivity index (χ3n) is 3.59. The number of hydrogen-bond donors (Lipinski definition) is 1. The summed E-state index contributed by atoms with van der Waals surface area (Å²) >= 11 is 0. The molecule has 0 saturated heterocycles. The van der Waals surface area contributed by atoms with E-state index in [2.05, 4.69) is 6.92 Å². The second-order valence-corrected chi connectivity index (χ2v) is 6.30. The van der Waals surface area contributed by atoms with Crippen LogP contribution in [0.25, 0.3) is 0 Å². The molecule has 0 amide bonds. The van der Waals surface area contributed by atoms with E-state index >= 15 is 0 Å². The summed E-state index contributed by atoms with van der Waals surface area (Å²) in [5.41, 5.74) is 5.31. The van der Waals surface area contributed by atoms with Crippen LogP contribution in [0.5, 0.6) is 0 Å². The summed E-state index contributed by atoms with van der Waals surface area (Å²) in [5, 5.41) is 0. The molecule has 10 nitrogen and oxygen atoms in total. The van der Waals surface area contributed by atoms with Crippen molar-refractivity contribution in [2.24, 2.45) is 5.73 Å². The largest absolute Gasteiger partial charge is 0.379 e. The first-order chi connectivity index (χ1) is 16.4. The van der Waals surface area contributed by atoms with Gasteiger partial charge in [-0.25, -0.2) is 0 Å². The maximum Gasteiger partial charge on any atom is 0.0701 e. The highest BCUT2D eigenvalue weighted by Crippen LogP contribution is 1.86. The lowest BCUT2D eigenvalue weighted by Gasteiger charge is -2.08. The summed E-state index contributed by atoms with van der Waals surface area (Å²) in [5.74, 6) is 0. The number of nitrogens with two attached hydrogens (primary N) is 1. The first kappa shape index (κ1) is 34.8. The molecule has 0 aromatic carbocycles. The molecule has 0 unspecified atom stereocenters. The zero-order chi connectivity index (χ0) is 24.5. The van der Waals surface area contributed by atoms with Crippen molar-refractivity contribution in [1.29, 1.82) is 0 Å². The van der Waals surface area contributed by atoms with Crippen LogP contribution in [0.1, 0.15) is 27.2 Å². The summed E-state index contributed by atoms with van der Waals surface area (Å²) < 4.78 is 48.3. The predicted molar refractivity (Wildman–Crippen MR) is 128 cm³/mol. The van der Waals surface area contributed by atoms with Gasteiger partial charge in [0.25, 0.3) is 0 Å². The van der Waals surface area contributed by atoms with E-state index in [1.54, 1.807) is 0 Å². The summed E-state index contributed by atoms with van der Waals surface area (Å²) in [4.78, 5) is 0. The van der Waals surface area contributed by atoms with E-state index < -0.39 is 0 Å². The van der Waals surface area contributed by atoms with Crippen LogP contribution in [0.3, 0.4) is 0 Å². The summed E-state index contributed by atoms with van der Waals surface area (Å²) in [6, 6.07) is 0. The van der Waals surface area contributed by atoms with E-state index in [0.29, 0.717) is 119 Å². The minimum Gasteiger partial charge on any atom is -0.379 e. The Kier molecular flexibility index (Phi) is 38.1. The fourth-order valence-electron chi connectivity index (χ4n) is 2.09. The smallest absolute Gasteiger partial charge is 0.0701 e. The van der Waals surface area contributed by atoms with Gasteiger partial charge in [0, 0.05) is 13.2 Å². The summed E-state index contributed by atoms with van der Waals surface area (Å²) in [7, 11) is 0. The molecule has 0 aliphatic carbocycles. The van der Waals surface area contributed by atoms with Gasteiger partial charge in [0.2, 0.25) is 0 Å². The Morgan fingerprint density at radius 3 is 0.697 bits per heavy atom. The Labute approximate surface area is 201 Å². The molecule has 0 aliphatic heterocycles. The van der Waals surface area contributed by atoms with Crippen molar-refractivity contribution in [1.82, 2.24) is 0 Å². The van der Waals surface area contributed by atoms with Crippen molar-refractivity contribution in [3.05, 3.63) is 0 Å². The van der Waals surface area contributed by atoms with Crippen molar-refractivity contribution >= 4 is 0 Å². The number of ether oxygens (including phenoxy) is 9. The molecule has 202 valence electrons. The molecule has 0 aliphatic rings. The zero-order valence-electron chi connectivity index (χ0n) is 21.4. The molecular weight excluding hydrogens is 434 g/mol. The molecule has 0 fully saturated rings. The molecule has 10 heteroatoms. The Morgan fingerprint density at radius 1 is 0.333 bits per heavy atom. The van der Waals surface area contributed by atoms with Crippen LogP contribution in [0.2, 0.25) is 0 Å². The molecule has 0 bridgehead atoms. The third kappa shape index (κ3) is 36.3. The highest BCUT2D eigenvalue weighted by Gasteiger charge is 1.95. The Hall–Kier alpha value is -0.400. The molecule has 33 heavy (non-hydrogen) atoms. The van der Waals surface area contributed by atoms with Gasteiger partial charge in [-0.05, 0) is 6.42 Å². The van der Waals surface area contributed by atoms with Crippen molar-refractivity contribution in [2.45, 2.75) is 27.2 Å². The van der Waals surface area contributed by atoms with Gasteiger partial charge in [-0.2, -0.15) is 0 Å². The Balaban J connectivity index is 0. The van der Waals surface area contributed by atoms with Crippen LogP contribution >= 0.6 is 0 Å². The summed E-state index contributed by atoms with van der Waals surface area (Å²) in [6.07, 6.45) is 1.03. The zero-order valence-corrected chi connectivity index (χ0v) is 21.4. The standard InChI is InChI=1S/C21H45NO9.C2H6/c1-2-4-23-6-8-25-10-12-27-14-16-29-18-20-31-21-19-30-17-15-28-13-11-26-9-7-24-5-3-22;1-2/h2-22H2,1H3;1-2H3. The topological polar surface area (TPSA) is 109 Å². The second-order valence-electron chi connectivity index (χ2n) is 6.30. The van der Waals surface area contributed by atoms with E-state index in [-0.39, 0.29) is 0 Å². The monoisotopic (exact) mass is 485 g/mol. The molecular formula is C23H51NO9. The normalized spacial score (nSPS) is 10.9. The molecule has 0 spiro atoms. The fourth-order valence-corrected chi connectivity index (χ4v) is 2.09.